The summed E-state index contributed by atoms with van der Waals surface area (Å²) in [6, 6.07) is 0. The standard InChI is InChI=1S/C5H9NO2/c1-2-8-5(6-1)3-7-4-5/h6H,1-4H2. The van der Waals surface area contributed by atoms with Crippen LogP contribution in [0.2, 0.25) is 0 Å². The largest absolute Gasteiger partial charge is 0.372 e. The van der Waals surface area contributed by atoms with Crippen molar-refractivity contribution in [3.05, 3.63) is 0 Å². The van der Waals surface area contributed by atoms with Gasteiger partial charge in [0, 0.05) is 6.54 Å². The molecule has 2 aliphatic heterocycles. The van der Waals surface area contributed by atoms with E-state index in [0.29, 0.717) is 0 Å². The molecule has 8 heavy (non-hydrogen) atoms. The Balaban J connectivity index is 2.01. The molecule has 0 aromatic heterocycles. The van der Waals surface area contributed by atoms with Gasteiger partial charge in [0.1, 0.15) is 0 Å². The maximum absolute atomic E-state index is 5.34. The molecule has 46 valence electrons. The highest BCUT2D eigenvalue weighted by atomic mass is 16.6. The van der Waals surface area contributed by atoms with Crippen LogP contribution in [0.1, 0.15) is 0 Å². The molecule has 0 aromatic rings. The Hall–Kier alpha value is -0.120. The van der Waals surface area contributed by atoms with Crippen LogP contribution in [-0.4, -0.2) is 32.1 Å². The zero-order valence-electron chi connectivity index (χ0n) is 4.64. The van der Waals surface area contributed by atoms with E-state index in [-0.39, 0.29) is 5.72 Å². The molecular formula is C5H9NO2. The van der Waals surface area contributed by atoms with Gasteiger partial charge in [0.05, 0.1) is 19.8 Å². The van der Waals surface area contributed by atoms with Crippen molar-refractivity contribution in [2.75, 3.05) is 26.4 Å². The second kappa shape index (κ2) is 1.43. The first-order valence-corrected chi connectivity index (χ1v) is 2.88. The van der Waals surface area contributed by atoms with Crippen LogP contribution in [-0.2, 0) is 9.47 Å². The predicted octanol–water partition coefficient (Wildman–Crippen LogP) is -0.667. The molecule has 0 unspecified atom stereocenters. The lowest BCUT2D eigenvalue weighted by molar-refractivity contribution is -0.195. The van der Waals surface area contributed by atoms with Crippen molar-refractivity contribution in [1.29, 1.82) is 0 Å². The summed E-state index contributed by atoms with van der Waals surface area (Å²) in [7, 11) is 0. The van der Waals surface area contributed by atoms with Crippen LogP contribution in [0.25, 0.3) is 0 Å². The summed E-state index contributed by atoms with van der Waals surface area (Å²) in [5, 5.41) is 3.22. The average Bonchev–Trinajstić information content (AvgIpc) is 2.07. The monoisotopic (exact) mass is 115 g/mol. The van der Waals surface area contributed by atoms with E-state index in [4.69, 9.17) is 9.47 Å². The van der Waals surface area contributed by atoms with E-state index in [9.17, 15) is 0 Å². The molecule has 0 aromatic carbocycles. The lowest BCUT2D eigenvalue weighted by atomic mass is 10.2. The van der Waals surface area contributed by atoms with Crippen LogP contribution in [0.4, 0.5) is 0 Å². The van der Waals surface area contributed by atoms with Gasteiger partial charge < -0.3 is 9.47 Å². The average molecular weight is 115 g/mol. The molecule has 2 fully saturated rings. The summed E-state index contributed by atoms with van der Waals surface area (Å²) in [6.45, 7) is 3.27. The van der Waals surface area contributed by atoms with Gasteiger partial charge in [-0.1, -0.05) is 0 Å². The quantitative estimate of drug-likeness (QED) is 0.454. The Morgan fingerprint density at radius 1 is 1.38 bits per heavy atom. The third-order valence-electron chi connectivity index (χ3n) is 1.60. The first kappa shape index (κ1) is 4.73. The minimum atomic E-state index is -0.0556. The van der Waals surface area contributed by atoms with Crippen molar-refractivity contribution in [3.8, 4) is 0 Å². The van der Waals surface area contributed by atoms with Gasteiger partial charge in [-0.2, -0.15) is 0 Å². The van der Waals surface area contributed by atoms with Crippen molar-refractivity contribution in [2.45, 2.75) is 5.72 Å². The Bertz CT molecular complexity index is 92.6. The SMILES string of the molecule is C1COC2(COC2)N1. The molecule has 3 nitrogen and oxygen atoms in total. The molecule has 1 spiro atoms. The summed E-state index contributed by atoms with van der Waals surface area (Å²) in [4.78, 5) is 0. The van der Waals surface area contributed by atoms with Crippen LogP contribution in [0.5, 0.6) is 0 Å². The highest BCUT2D eigenvalue weighted by molar-refractivity contribution is 4.88. The maximum Gasteiger partial charge on any atom is 0.166 e. The van der Waals surface area contributed by atoms with E-state index >= 15 is 0 Å². The zero-order chi connectivity index (χ0) is 5.45. The number of ether oxygens (including phenoxy) is 2. The van der Waals surface area contributed by atoms with Gasteiger partial charge in [-0.05, 0) is 0 Å². The zero-order valence-corrected chi connectivity index (χ0v) is 4.64. The summed E-state index contributed by atoms with van der Waals surface area (Å²) in [6.07, 6.45) is 0. The van der Waals surface area contributed by atoms with Crippen molar-refractivity contribution in [3.63, 3.8) is 0 Å². The molecule has 0 saturated carbocycles. The lowest BCUT2D eigenvalue weighted by Gasteiger charge is -2.36. The fourth-order valence-electron chi connectivity index (χ4n) is 1.05. The third-order valence-corrected chi connectivity index (χ3v) is 1.60. The van der Waals surface area contributed by atoms with Gasteiger partial charge in [0.25, 0.3) is 0 Å². The summed E-state index contributed by atoms with van der Waals surface area (Å²) >= 11 is 0. The van der Waals surface area contributed by atoms with Crippen LogP contribution < -0.4 is 5.32 Å². The Morgan fingerprint density at radius 2 is 2.25 bits per heavy atom. The van der Waals surface area contributed by atoms with Gasteiger partial charge in [-0.15, -0.1) is 0 Å². The molecule has 0 atom stereocenters. The molecule has 2 aliphatic rings. The first-order valence-electron chi connectivity index (χ1n) is 2.88. The van der Waals surface area contributed by atoms with Gasteiger partial charge >= 0.3 is 0 Å². The summed E-state index contributed by atoms with van der Waals surface area (Å²) < 4.78 is 10.3. The minimum Gasteiger partial charge on any atom is -0.372 e. The van der Waals surface area contributed by atoms with Gasteiger partial charge in [-0.25, -0.2) is 0 Å². The van der Waals surface area contributed by atoms with Crippen molar-refractivity contribution < 1.29 is 9.47 Å². The van der Waals surface area contributed by atoms with Gasteiger partial charge in [-0.3, -0.25) is 5.32 Å². The van der Waals surface area contributed by atoms with E-state index < -0.39 is 0 Å². The van der Waals surface area contributed by atoms with Gasteiger partial charge in [0.2, 0.25) is 0 Å². The highest BCUT2D eigenvalue weighted by Gasteiger charge is 2.42. The van der Waals surface area contributed by atoms with Crippen molar-refractivity contribution in [1.82, 2.24) is 5.32 Å². The lowest BCUT2D eigenvalue weighted by Crippen LogP contribution is -2.57. The fraction of sp³-hybridized carbons (Fsp3) is 1.00. The van der Waals surface area contributed by atoms with E-state index in [2.05, 4.69) is 5.32 Å². The number of rotatable bonds is 0. The van der Waals surface area contributed by atoms with E-state index in [1.54, 1.807) is 0 Å². The predicted molar refractivity (Wildman–Crippen MR) is 27.5 cm³/mol. The molecular weight excluding hydrogens is 106 g/mol. The molecule has 0 radical (unpaired) electrons. The van der Waals surface area contributed by atoms with Crippen LogP contribution in [0.3, 0.4) is 0 Å². The minimum absolute atomic E-state index is 0.0556. The molecule has 2 heterocycles. The van der Waals surface area contributed by atoms with E-state index in [1.807, 2.05) is 0 Å². The molecule has 1 N–H and O–H groups in total. The van der Waals surface area contributed by atoms with Gasteiger partial charge in [0.15, 0.2) is 5.72 Å². The Kier molecular flexibility index (Phi) is 0.848. The molecule has 0 bridgehead atoms. The summed E-state index contributed by atoms with van der Waals surface area (Å²) in [5.74, 6) is 0. The summed E-state index contributed by atoms with van der Waals surface area (Å²) in [5.41, 5.74) is -0.0556. The first-order chi connectivity index (χ1) is 3.91. The van der Waals surface area contributed by atoms with E-state index in [0.717, 1.165) is 26.4 Å². The number of hydrogen-bond acceptors (Lipinski definition) is 3. The van der Waals surface area contributed by atoms with Crippen LogP contribution in [0.15, 0.2) is 0 Å². The maximum atomic E-state index is 5.34. The topological polar surface area (TPSA) is 30.5 Å². The third kappa shape index (κ3) is 0.491. The van der Waals surface area contributed by atoms with Crippen LogP contribution in [0, 0.1) is 0 Å². The smallest absolute Gasteiger partial charge is 0.166 e. The molecule has 0 aliphatic carbocycles. The second-order valence-electron chi connectivity index (χ2n) is 2.26. The number of hydrogen-bond donors (Lipinski definition) is 1. The van der Waals surface area contributed by atoms with E-state index in [1.165, 1.54) is 0 Å². The molecule has 3 heteroatoms. The second-order valence-corrected chi connectivity index (χ2v) is 2.26. The molecule has 2 saturated heterocycles. The fourth-order valence-corrected chi connectivity index (χ4v) is 1.05. The van der Waals surface area contributed by atoms with Crippen LogP contribution >= 0.6 is 0 Å². The Labute approximate surface area is 48.0 Å². The van der Waals surface area contributed by atoms with Crippen molar-refractivity contribution >= 4 is 0 Å². The molecule has 2 rings (SSSR count). The Morgan fingerprint density at radius 3 is 2.50 bits per heavy atom. The normalized spacial score (nSPS) is 33.0. The van der Waals surface area contributed by atoms with Crippen molar-refractivity contribution in [2.24, 2.45) is 0 Å². The number of nitrogens with one attached hydrogen (secondary N) is 1. The molecule has 0 amide bonds. The highest BCUT2D eigenvalue weighted by Crippen LogP contribution is 2.20.